The van der Waals surface area contributed by atoms with Crippen molar-refractivity contribution in [3.8, 4) is 0 Å². The number of rotatable bonds is 4. The third-order valence-corrected chi connectivity index (χ3v) is 4.14. The van der Waals surface area contributed by atoms with E-state index in [1.807, 2.05) is 0 Å². The standard InChI is InChI=1S/C16H27N3/c1-13(14-8-7-11-19(4)12-14)17-15-9-5-6-10-16(15)18(2)3/h5-6,9-10,13-14,17H,7-8,11-12H2,1-4H3. The van der Waals surface area contributed by atoms with Gasteiger partial charge in [0.2, 0.25) is 0 Å². The summed E-state index contributed by atoms with van der Waals surface area (Å²) >= 11 is 0. The monoisotopic (exact) mass is 261 g/mol. The van der Waals surface area contributed by atoms with Crippen molar-refractivity contribution in [3.63, 3.8) is 0 Å². The van der Waals surface area contributed by atoms with E-state index in [9.17, 15) is 0 Å². The van der Waals surface area contributed by atoms with Crippen LogP contribution < -0.4 is 10.2 Å². The molecular weight excluding hydrogens is 234 g/mol. The highest BCUT2D eigenvalue weighted by molar-refractivity contribution is 5.69. The Kier molecular flexibility index (Phi) is 4.70. The van der Waals surface area contributed by atoms with E-state index in [1.165, 1.54) is 37.3 Å². The summed E-state index contributed by atoms with van der Waals surface area (Å²) in [5.41, 5.74) is 2.51. The van der Waals surface area contributed by atoms with Gasteiger partial charge < -0.3 is 15.1 Å². The van der Waals surface area contributed by atoms with Gasteiger partial charge >= 0.3 is 0 Å². The second-order valence-corrected chi connectivity index (χ2v) is 6.01. The zero-order chi connectivity index (χ0) is 13.8. The maximum Gasteiger partial charge on any atom is 0.0596 e. The first-order valence-corrected chi connectivity index (χ1v) is 7.29. The number of para-hydroxylation sites is 2. The van der Waals surface area contributed by atoms with E-state index in [0.717, 1.165) is 5.92 Å². The van der Waals surface area contributed by atoms with Gasteiger partial charge in [-0.05, 0) is 51.4 Å². The lowest BCUT2D eigenvalue weighted by Gasteiger charge is -2.34. The van der Waals surface area contributed by atoms with Crippen molar-refractivity contribution in [2.24, 2.45) is 5.92 Å². The van der Waals surface area contributed by atoms with Crippen LogP contribution in [0.3, 0.4) is 0 Å². The summed E-state index contributed by atoms with van der Waals surface area (Å²) < 4.78 is 0. The Labute approximate surface area is 117 Å². The molecule has 0 amide bonds. The SMILES string of the molecule is CC(Nc1ccccc1N(C)C)C1CCCN(C)C1. The van der Waals surface area contributed by atoms with Crippen molar-refractivity contribution in [1.29, 1.82) is 0 Å². The predicted octanol–water partition coefficient (Wildman–Crippen LogP) is 2.89. The van der Waals surface area contributed by atoms with Gasteiger partial charge in [-0.25, -0.2) is 0 Å². The molecule has 1 aromatic rings. The fourth-order valence-corrected chi connectivity index (χ4v) is 2.96. The molecule has 1 aromatic carbocycles. The lowest BCUT2D eigenvalue weighted by molar-refractivity contribution is 0.197. The second kappa shape index (κ2) is 6.29. The summed E-state index contributed by atoms with van der Waals surface area (Å²) in [4.78, 5) is 4.62. The summed E-state index contributed by atoms with van der Waals surface area (Å²) in [5, 5.41) is 3.71. The topological polar surface area (TPSA) is 18.5 Å². The molecule has 19 heavy (non-hydrogen) atoms. The fourth-order valence-electron chi connectivity index (χ4n) is 2.96. The lowest BCUT2D eigenvalue weighted by Crippen LogP contribution is -2.40. The molecule has 1 aliphatic rings. The summed E-state index contributed by atoms with van der Waals surface area (Å²) in [7, 11) is 6.42. The van der Waals surface area contributed by atoms with Crippen LogP contribution in [-0.2, 0) is 0 Å². The van der Waals surface area contributed by atoms with Gasteiger partial charge in [0.25, 0.3) is 0 Å². The molecule has 0 radical (unpaired) electrons. The molecule has 1 saturated heterocycles. The molecule has 3 nitrogen and oxygen atoms in total. The summed E-state index contributed by atoms with van der Waals surface area (Å²) in [6.07, 6.45) is 2.66. The minimum Gasteiger partial charge on any atom is -0.381 e. The van der Waals surface area contributed by atoms with Crippen molar-refractivity contribution in [2.75, 3.05) is 44.4 Å². The summed E-state index contributed by atoms with van der Waals surface area (Å²) in [6.45, 7) is 4.77. The molecule has 0 bridgehead atoms. The molecule has 1 heterocycles. The largest absolute Gasteiger partial charge is 0.381 e. The first-order chi connectivity index (χ1) is 9.08. The highest BCUT2D eigenvalue weighted by atomic mass is 15.1. The highest BCUT2D eigenvalue weighted by Gasteiger charge is 2.23. The average molecular weight is 261 g/mol. The number of benzene rings is 1. The van der Waals surface area contributed by atoms with Gasteiger partial charge in [0.05, 0.1) is 11.4 Å². The maximum absolute atomic E-state index is 3.71. The van der Waals surface area contributed by atoms with Crippen LogP contribution in [0.25, 0.3) is 0 Å². The van der Waals surface area contributed by atoms with E-state index < -0.39 is 0 Å². The van der Waals surface area contributed by atoms with Crippen LogP contribution in [0.1, 0.15) is 19.8 Å². The van der Waals surface area contributed by atoms with E-state index in [-0.39, 0.29) is 0 Å². The lowest BCUT2D eigenvalue weighted by atomic mass is 9.91. The number of hydrogen-bond donors (Lipinski definition) is 1. The van der Waals surface area contributed by atoms with E-state index >= 15 is 0 Å². The number of piperidine rings is 1. The molecule has 1 fully saturated rings. The minimum atomic E-state index is 0.517. The Morgan fingerprint density at radius 3 is 2.74 bits per heavy atom. The molecule has 1 N–H and O–H groups in total. The first kappa shape index (κ1) is 14.2. The van der Waals surface area contributed by atoms with Crippen molar-refractivity contribution < 1.29 is 0 Å². The van der Waals surface area contributed by atoms with Crippen LogP contribution in [0.2, 0.25) is 0 Å². The zero-order valence-electron chi connectivity index (χ0n) is 12.7. The molecule has 2 unspecified atom stereocenters. The van der Waals surface area contributed by atoms with Gasteiger partial charge in [0, 0.05) is 26.7 Å². The fraction of sp³-hybridized carbons (Fsp3) is 0.625. The Hall–Kier alpha value is -1.22. The Balaban J connectivity index is 2.04. The van der Waals surface area contributed by atoms with E-state index in [2.05, 4.69) is 67.4 Å². The molecule has 106 valence electrons. The van der Waals surface area contributed by atoms with Crippen LogP contribution in [0.5, 0.6) is 0 Å². The van der Waals surface area contributed by atoms with Crippen LogP contribution in [0, 0.1) is 5.92 Å². The molecule has 2 rings (SSSR count). The van der Waals surface area contributed by atoms with Crippen molar-refractivity contribution >= 4 is 11.4 Å². The summed E-state index contributed by atoms with van der Waals surface area (Å²) in [5.74, 6) is 0.744. The van der Waals surface area contributed by atoms with Crippen LogP contribution in [0.4, 0.5) is 11.4 Å². The van der Waals surface area contributed by atoms with Crippen molar-refractivity contribution in [3.05, 3.63) is 24.3 Å². The molecule has 0 spiro atoms. The molecule has 0 saturated carbocycles. The number of nitrogens with zero attached hydrogens (tertiary/aromatic N) is 2. The average Bonchev–Trinajstić information content (AvgIpc) is 2.39. The Morgan fingerprint density at radius 2 is 2.05 bits per heavy atom. The quantitative estimate of drug-likeness (QED) is 0.899. The van der Waals surface area contributed by atoms with Crippen molar-refractivity contribution in [2.45, 2.75) is 25.8 Å². The molecular formula is C16H27N3. The Bertz CT molecular complexity index is 403. The normalized spacial score (nSPS) is 22.0. The van der Waals surface area contributed by atoms with E-state index in [1.54, 1.807) is 0 Å². The Morgan fingerprint density at radius 1 is 1.32 bits per heavy atom. The van der Waals surface area contributed by atoms with Crippen LogP contribution >= 0.6 is 0 Å². The molecule has 0 aliphatic carbocycles. The van der Waals surface area contributed by atoms with Gasteiger partial charge in [-0.1, -0.05) is 12.1 Å². The third-order valence-electron chi connectivity index (χ3n) is 4.14. The van der Waals surface area contributed by atoms with Crippen LogP contribution in [-0.4, -0.2) is 45.2 Å². The maximum atomic E-state index is 3.71. The van der Waals surface area contributed by atoms with Gasteiger partial charge in [-0.15, -0.1) is 0 Å². The van der Waals surface area contributed by atoms with Gasteiger partial charge in [0.15, 0.2) is 0 Å². The number of nitrogens with one attached hydrogen (secondary N) is 1. The summed E-state index contributed by atoms with van der Waals surface area (Å²) in [6, 6.07) is 9.07. The zero-order valence-corrected chi connectivity index (χ0v) is 12.7. The number of hydrogen-bond acceptors (Lipinski definition) is 3. The molecule has 2 atom stereocenters. The number of likely N-dealkylation sites (tertiary alicyclic amines) is 1. The minimum absolute atomic E-state index is 0.517. The van der Waals surface area contributed by atoms with E-state index in [4.69, 9.17) is 0 Å². The second-order valence-electron chi connectivity index (χ2n) is 6.01. The third kappa shape index (κ3) is 3.63. The van der Waals surface area contributed by atoms with Gasteiger partial charge in [-0.2, -0.15) is 0 Å². The van der Waals surface area contributed by atoms with E-state index in [0.29, 0.717) is 6.04 Å². The van der Waals surface area contributed by atoms with Gasteiger partial charge in [-0.3, -0.25) is 0 Å². The highest BCUT2D eigenvalue weighted by Crippen LogP contribution is 2.27. The first-order valence-electron chi connectivity index (χ1n) is 7.29. The molecule has 0 aromatic heterocycles. The van der Waals surface area contributed by atoms with Crippen LogP contribution in [0.15, 0.2) is 24.3 Å². The smallest absolute Gasteiger partial charge is 0.0596 e. The van der Waals surface area contributed by atoms with Crippen molar-refractivity contribution in [1.82, 2.24) is 4.90 Å². The molecule has 3 heteroatoms. The number of anilines is 2. The van der Waals surface area contributed by atoms with Gasteiger partial charge in [0.1, 0.15) is 0 Å². The predicted molar refractivity (Wildman–Crippen MR) is 84.1 cm³/mol. The molecule has 1 aliphatic heterocycles.